The molecule has 0 aromatic heterocycles. The van der Waals surface area contributed by atoms with E-state index in [9.17, 15) is 0 Å². The van der Waals surface area contributed by atoms with E-state index in [0.717, 1.165) is 0 Å². The van der Waals surface area contributed by atoms with Crippen molar-refractivity contribution in [2.75, 3.05) is 26.8 Å². The zero-order valence-electron chi connectivity index (χ0n) is 6.02. The van der Waals surface area contributed by atoms with Crippen molar-refractivity contribution in [2.24, 2.45) is 0 Å². The molecule has 0 radical (unpaired) electrons. The molecule has 0 saturated carbocycles. The fourth-order valence-electron chi connectivity index (χ4n) is 0.959. The van der Waals surface area contributed by atoms with Gasteiger partial charge in [0.25, 0.3) is 0 Å². The van der Waals surface area contributed by atoms with Crippen molar-refractivity contribution in [3.63, 3.8) is 0 Å². The van der Waals surface area contributed by atoms with Gasteiger partial charge in [-0.05, 0) is 0 Å². The van der Waals surface area contributed by atoms with Crippen molar-refractivity contribution in [3.8, 4) is 0 Å². The van der Waals surface area contributed by atoms with E-state index in [1.54, 1.807) is 0 Å². The van der Waals surface area contributed by atoms with Gasteiger partial charge in [0.15, 0.2) is 12.6 Å². The van der Waals surface area contributed by atoms with Crippen molar-refractivity contribution < 1.29 is 23.7 Å². The van der Waals surface area contributed by atoms with E-state index < -0.39 is 0 Å². The van der Waals surface area contributed by atoms with Crippen LogP contribution < -0.4 is 0 Å². The largest absolute Gasteiger partial charge is 0.350 e. The average Bonchev–Trinajstić information content (AvgIpc) is 2.60. The number of ether oxygens (including phenoxy) is 5. The molecule has 0 aromatic carbocycles. The van der Waals surface area contributed by atoms with Crippen LogP contribution in [-0.2, 0) is 23.7 Å². The first kappa shape index (κ1) is 7.45. The summed E-state index contributed by atoms with van der Waals surface area (Å²) in [6.45, 7) is 1.55. The molecule has 2 fully saturated rings. The monoisotopic (exact) mass is 162 g/mol. The van der Waals surface area contributed by atoms with Gasteiger partial charge in [0.1, 0.15) is 26.8 Å². The molecule has 0 spiro atoms. The van der Waals surface area contributed by atoms with Crippen LogP contribution in [0.5, 0.6) is 0 Å². The highest BCUT2D eigenvalue weighted by Crippen LogP contribution is 2.11. The second-order valence-electron chi connectivity index (χ2n) is 2.31. The summed E-state index contributed by atoms with van der Waals surface area (Å²) in [6, 6.07) is 0. The molecule has 11 heavy (non-hydrogen) atoms. The summed E-state index contributed by atoms with van der Waals surface area (Å²) in [5, 5.41) is 0. The lowest BCUT2D eigenvalue weighted by Crippen LogP contribution is -2.24. The minimum absolute atomic E-state index is 0.290. The van der Waals surface area contributed by atoms with Crippen LogP contribution in [0.2, 0.25) is 0 Å². The molecule has 0 amide bonds. The van der Waals surface area contributed by atoms with Gasteiger partial charge in [-0.3, -0.25) is 0 Å². The second kappa shape index (κ2) is 3.46. The van der Waals surface area contributed by atoms with Gasteiger partial charge in [0.05, 0.1) is 0 Å². The molecule has 2 heterocycles. The van der Waals surface area contributed by atoms with Gasteiger partial charge >= 0.3 is 0 Å². The summed E-state index contributed by atoms with van der Waals surface area (Å²) in [5.41, 5.74) is 0. The number of hydrogen-bond donors (Lipinski definition) is 0. The molecule has 5 nitrogen and oxygen atoms in total. The molecule has 2 aliphatic heterocycles. The zero-order chi connectivity index (χ0) is 7.52. The third kappa shape index (κ3) is 1.88. The Labute approximate surface area is 64.1 Å². The van der Waals surface area contributed by atoms with Crippen LogP contribution in [0.3, 0.4) is 0 Å². The van der Waals surface area contributed by atoms with Crippen LogP contribution in [0.15, 0.2) is 0 Å². The van der Waals surface area contributed by atoms with Gasteiger partial charge in [-0.2, -0.15) is 0 Å². The van der Waals surface area contributed by atoms with Gasteiger partial charge in [-0.15, -0.1) is 0 Å². The molecule has 5 heteroatoms. The summed E-state index contributed by atoms with van der Waals surface area (Å²) >= 11 is 0. The van der Waals surface area contributed by atoms with Crippen LogP contribution >= 0.6 is 0 Å². The SMILES string of the molecule is C1OCC(OC2COCO2)O1. The highest BCUT2D eigenvalue weighted by molar-refractivity contribution is 4.51. The van der Waals surface area contributed by atoms with Crippen molar-refractivity contribution in [2.45, 2.75) is 12.6 Å². The first-order chi connectivity index (χ1) is 5.45. The molecule has 2 rings (SSSR count). The third-order valence-corrected chi connectivity index (χ3v) is 1.49. The Hall–Kier alpha value is -0.200. The quantitative estimate of drug-likeness (QED) is 0.556. The van der Waals surface area contributed by atoms with Crippen LogP contribution in [0.4, 0.5) is 0 Å². The fourth-order valence-corrected chi connectivity index (χ4v) is 0.959. The molecule has 0 aromatic rings. The Bertz CT molecular complexity index is 102. The van der Waals surface area contributed by atoms with Gasteiger partial charge in [0.2, 0.25) is 0 Å². The van der Waals surface area contributed by atoms with E-state index in [4.69, 9.17) is 23.7 Å². The number of rotatable bonds is 2. The van der Waals surface area contributed by atoms with Gasteiger partial charge in [-0.1, -0.05) is 0 Å². The van der Waals surface area contributed by atoms with E-state index in [2.05, 4.69) is 0 Å². The molecule has 0 aliphatic carbocycles. The van der Waals surface area contributed by atoms with Crippen LogP contribution in [0.25, 0.3) is 0 Å². The molecule has 2 unspecified atom stereocenters. The minimum Gasteiger partial charge on any atom is -0.350 e. The van der Waals surface area contributed by atoms with E-state index in [-0.39, 0.29) is 12.6 Å². The Kier molecular flexibility index (Phi) is 2.35. The fraction of sp³-hybridized carbons (Fsp3) is 1.00. The third-order valence-electron chi connectivity index (χ3n) is 1.49. The average molecular weight is 162 g/mol. The summed E-state index contributed by atoms with van der Waals surface area (Å²) in [5.74, 6) is 0. The normalized spacial score (nSPS) is 38.2. The minimum atomic E-state index is -0.290. The second-order valence-corrected chi connectivity index (χ2v) is 2.31. The van der Waals surface area contributed by atoms with Gasteiger partial charge < -0.3 is 23.7 Å². The lowest BCUT2D eigenvalue weighted by molar-refractivity contribution is -0.205. The van der Waals surface area contributed by atoms with E-state index in [0.29, 0.717) is 26.8 Å². The smallest absolute Gasteiger partial charge is 0.186 e. The summed E-state index contributed by atoms with van der Waals surface area (Å²) in [4.78, 5) is 0. The Morgan fingerprint density at radius 2 is 1.45 bits per heavy atom. The predicted octanol–water partition coefficient (Wildman–Crippen LogP) is -0.336. The molecule has 2 atom stereocenters. The zero-order valence-corrected chi connectivity index (χ0v) is 6.02. The van der Waals surface area contributed by atoms with Crippen molar-refractivity contribution in [1.29, 1.82) is 0 Å². The molecular weight excluding hydrogens is 152 g/mol. The highest BCUT2D eigenvalue weighted by atomic mass is 16.9. The maximum Gasteiger partial charge on any atom is 0.186 e. The predicted molar refractivity (Wildman–Crippen MR) is 32.5 cm³/mol. The van der Waals surface area contributed by atoms with Crippen LogP contribution in [0, 0.1) is 0 Å². The number of hydrogen-bond acceptors (Lipinski definition) is 5. The topological polar surface area (TPSA) is 46.2 Å². The van der Waals surface area contributed by atoms with Crippen molar-refractivity contribution in [3.05, 3.63) is 0 Å². The van der Waals surface area contributed by atoms with Crippen molar-refractivity contribution in [1.82, 2.24) is 0 Å². The van der Waals surface area contributed by atoms with E-state index in [1.807, 2.05) is 0 Å². The molecular formula is C6H10O5. The Balaban J connectivity index is 1.71. The lowest BCUT2D eigenvalue weighted by atomic mass is 10.6. The Morgan fingerprint density at radius 3 is 1.82 bits per heavy atom. The van der Waals surface area contributed by atoms with E-state index >= 15 is 0 Å². The molecule has 0 N–H and O–H groups in total. The van der Waals surface area contributed by atoms with Crippen LogP contribution in [0.1, 0.15) is 0 Å². The maximum absolute atomic E-state index is 5.28. The summed E-state index contributed by atoms with van der Waals surface area (Å²) in [6.07, 6.45) is -0.580. The highest BCUT2D eigenvalue weighted by Gasteiger charge is 2.24. The lowest BCUT2D eigenvalue weighted by Gasteiger charge is -2.12. The summed E-state index contributed by atoms with van der Waals surface area (Å²) < 4.78 is 25.2. The van der Waals surface area contributed by atoms with Crippen molar-refractivity contribution >= 4 is 0 Å². The molecule has 2 aliphatic rings. The Morgan fingerprint density at radius 1 is 0.909 bits per heavy atom. The first-order valence-electron chi connectivity index (χ1n) is 3.49. The first-order valence-corrected chi connectivity index (χ1v) is 3.49. The van der Waals surface area contributed by atoms with Gasteiger partial charge in [0, 0.05) is 0 Å². The summed E-state index contributed by atoms with van der Waals surface area (Å²) in [7, 11) is 0. The van der Waals surface area contributed by atoms with E-state index in [1.165, 1.54) is 0 Å². The molecule has 64 valence electrons. The maximum atomic E-state index is 5.28. The standard InChI is InChI=1S/C6H10O5/c1-5(9-3-7-1)11-6-2-8-4-10-6/h5-6H,1-4H2. The molecule has 0 bridgehead atoms. The van der Waals surface area contributed by atoms with Crippen LogP contribution in [-0.4, -0.2) is 39.4 Å². The van der Waals surface area contributed by atoms with Gasteiger partial charge in [-0.25, -0.2) is 0 Å². The molecule has 2 saturated heterocycles.